The summed E-state index contributed by atoms with van der Waals surface area (Å²) in [6, 6.07) is 7.43. The topological polar surface area (TPSA) is 47.4 Å². The molecule has 1 aromatic carbocycles. The van der Waals surface area contributed by atoms with Gasteiger partial charge in [0.15, 0.2) is 0 Å². The maximum atomic E-state index is 12.3. The lowest BCUT2D eigenvalue weighted by atomic mass is 10.2. The maximum Gasteiger partial charge on any atom is 0.344 e. The second-order valence-electron chi connectivity index (χ2n) is 4.25. The molecule has 0 radical (unpaired) electrons. The molecule has 5 nitrogen and oxygen atoms in total. The standard InChI is InChI=1S/C14H16ClN3O2/c1-3-17(14(19)18-10-12(15)8-16-18)9-11-5-4-6-13(7-11)20-2/h4-8,10H,3,9H2,1-2H3. The van der Waals surface area contributed by atoms with Gasteiger partial charge in [0.1, 0.15) is 5.75 Å². The second kappa shape index (κ2) is 6.43. The van der Waals surface area contributed by atoms with E-state index in [1.165, 1.54) is 17.1 Å². The van der Waals surface area contributed by atoms with Gasteiger partial charge in [0.05, 0.1) is 24.5 Å². The van der Waals surface area contributed by atoms with Gasteiger partial charge in [-0.3, -0.25) is 0 Å². The number of nitrogens with zero attached hydrogens (tertiary/aromatic N) is 3. The summed E-state index contributed by atoms with van der Waals surface area (Å²) in [7, 11) is 1.62. The molecule has 1 aromatic heterocycles. The Hall–Kier alpha value is -2.01. The first-order valence-corrected chi connectivity index (χ1v) is 6.64. The Morgan fingerprint density at radius 3 is 2.90 bits per heavy atom. The Labute approximate surface area is 122 Å². The molecule has 2 rings (SSSR count). The highest BCUT2D eigenvalue weighted by Gasteiger charge is 2.15. The number of carbonyl (C=O) groups is 1. The van der Waals surface area contributed by atoms with Crippen molar-refractivity contribution in [3.8, 4) is 5.75 Å². The van der Waals surface area contributed by atoms with Crippen LogP contribution in [0.25, 0.3) is 0 Å². The highest BCUT2D eigenvalue weighted by molar-refractivity contribution is 6.30. The largest absolute Gasteiger partial charge is 0.497 e. The fourth-order valence-electron chi connectivity index (χ4n) is 1.86. The lowest BCUT2D eigenvalue weighted by Gasteiger charge is -2.20. The van der Waals surface area contributed by atoms with Gasteiger partial charge in [0, 0.05) is 13.1 Å². The van der Waals surface area contributed by atoms with Crippen molar-refractivity contribution < 1.29 is 9.53 Å². The zero-order valence-electron chi connectivity index (χ0n) is 11.4. The fraction of sp³-hybridized carbons (Fsp3) is 0.286. The molecule has 0 saturated heterocycles. The van der Waals surface area contributed by atoms with Gasteiger partial charge < -0.3 is 9.64 Å². The molecule has 0 N–H and O–H groups in total. The number of halogens is 1. The predicted octanol–water partition coefficient (Wildman–Crippen LogP) is 3.04. The monoisotopic (exact) mass is 293 g/mol. The molecule has 0 fully saturated rings. The van der Waals surface area contributed by atoms with E-state index in [1.807, 2.05) is 31.2 Å². The van der Waals surface area contributed by atoms with E-state index in [0.717, 1.165) is 11.3 Å². The normalized spacial score (nSPS) is 10.3. The number of carbonyl (C=O) groups excluding carboxylic acids is 1. The molecule has 0 aliphatic rings. The van der Waals surface area contributed by atoms with E-state index in [1.54, 1.807) is 12.0 Å². The van der Waals surface area contributed by atoms with Gasteiger partial charge >= 0.3 is 6.03 Å². The zero-order chi connectivity index (χ0) is 14.5. The molecule has 106 valence electrons. The third-order valence-electron chi connectivity index (χ3n) is 2.91. The van der Waals surface area contributed by atoms with E-state index in [2.05, 4.69) is 5.10 Å². The minimum Gasteiger partial charge on any atom is -0.497 e. The quantitative estimate of drug-likeness (QED) is 0.870. The summed E-state index contributed by atoms with van der Waals surface area (Å²) in [5.41, 5.74) is 0.998. The number of benzene rings is 1. The van der Waals surface area contributed by atoms with Crippen molar-refractivity contribution in [1.82, 2.24) is 14.7 Å². The highest BCUT2D eigenvalue weighted by Crippen LogP contribution is 2.15. The van der Waals surface area contributed by atoms with Crippen molar-refractivity contribution in [2.24, 2.45) is 0 Å². The van der Waals surface area contributed by atoms with E-state index in [0.29, 0.717) is 18.1 Å². The van der Waals surface area contributed by atoms with Crippen LogP contribution < -0.4 is 4.74 Å². The zero-order valence-corrected chi connectivity index (χ0v) is 12.2. The Morgan fingerprint density at radius 1 is 1.50 bits per heavy atom. The van der Waals surface area contributed by atoms with E-state index in [9.17, 15) is 4.79 Å². The molecular weight excluding hydrogens is 278 g/mol. The van der Waals surface area contributed by atoms with Gasteiger partial charge in [-0.1, -0.05) is 23.7 Å². The molecule has 0 atom stereocenters. The molecule has 6 heteroatoms. The van der Waals surface area contributed by atoms with Crippen molar-refractivity contribution in [1.29, 1.82) is 0 Å². The summed E-state index contributed by atoms with van der Waals surface area (Å²) in [5.74, 6) is 0.771. The molecule has 0 unspecified atom stereocenters. The second-order valence-corrected chi connectivity index (χ2v) is 4.69. The number of ether oxygens (including phenoxy) is 1. The Kier molecular flexibility index (Phi) is 4.63. The third kappa shape index (κ3) is 3.30. The van der Waals surface area contributed by atoms with Crippen LogP contribution in [0.2, 0.25) is 5.02 Å². The highest BCUT2D eigenvalue weighted by atomic mass is 35.5. The lowest BCUT2D eigenvalue weighted by Crippen LogP contribution is -2.34. The number of amides is 1. The minimum atomic E-state index is -0.206. The molecule has 1 amide bonds. The van der Waals surface area contributed by atoms with E-state index >= 15 is 0 Å². The molecular formula is C14H16ClN3O2. The number of hydrogen-bond donors (Lipinski definition) is 0. The SMILES string of the molecule is CCN(Cc1cccc(OC)c1)C(=O)n1cc(Cl)cn1. The molecule has 0 spiro atoms. The van der Waals surface area contributed by atoms with Crippen molar-refractivity contribution in [2.45, 2.75) is 13.5 Å². The summed E-state index contributed by atoms with van der Waals surface area (Å²) in [5, 5.41) is 4.37. The van der Waals surface area contributed by atoms with Crippen LogP contribution in [0, 0.1) is 0 Å². The molecule has 0 saturated carbocycles. The first-order chi connectivity index (χ1) is 9.63. The average Bonchev–Trinajstić information content (AvgIpc) is 2.91. The van der Waals surface area contributed by atoms with Crippen molar-refractivity contribution >= 4 is 17.6 Å². The molecule has 1 heterocycles. The average molecular weight is 294 g/mol. The molecule has 0 aliphatic heterocycles. The number of methoxy groups -OCH3 is 1. The molecule has 20 heavy (non-hydrogen) atoms. The third-order valence-corrected chi connectivity index (χ3v) is 3.10. The van der Waals surface area contributed by atoms with Crippen molar-refractivity contribution in [2.75, 3.05) is 13.7 Å². The van der Waals surface area contributed by atoms with Crippen LogP contribution in [0.3, 0.4) is 0 Å². The van der Waals surface area contributed by atoms with Crippen LogP contribution in [-0.2, 0) is 6.54 Å². The molecule has 2 aromatic rings. The van der Waals surface area contributed by atoms with Gasteiger partial charge in [0.25, 0.3) is 0 Å². The van der Waals surface area contributed by atoms with Crippen molar-refractivity contribution in [3.05, 3.63) is 47.2 Å². The minimum absolute atomic E-state index is 0.206. The van der Waals surface area contributed by atoms with Crippen LogP contribution in [0.1, 0.15) is 12.5 Å². The maximum absolute atomic E-state index is 12.3. The first kappa shape index (κ1) is 14.4. The van der Waals surface area contributed by atoms with Crippen LogP contribution >= 0.6 is 11.6 Å². The predicted molar refractivity (Wildman–Crippen MR) is 77.1 cm³/mol. The Morgan fingerprint density at radius 2 is 2.30 bits per heavy atom. The summed E-state index contributed by atoms with van der Waals surface area (Å²) in [4.78, 5) is 14.0. The summed E-state index contributed by atoms with van der Waals surface area (Å²) < 4.78 is 6.42. The van der Waals surface area contributed by atoms with Gasteiger partial charge in [0.2, 0.25) is 0 Å². The first-order valence-electron chi connectivity index (χ1n) is 6.26. The van der Waals surface area contributed by atoms with E-state index in [4.69, 9.17) is 16.3 Å². The number of rotatable bonds is 4. The van der Waals surface area contributed by atoms with Crippen LogP contribution in [0.4, 0.5) is 4.79 Å². The molecule has 0 bridgehead atoms. The Balaban J connectivity index is 2.14. The number of hydrogen-bond acceptors (Lipinski definition) is 3. The van der Waals surface area contributed by atoms with Gasteiger partial charge in [-0.05, 0) is 24.6 Å². The fourth-order valence-corrected chi connectivity index (χ4v) is 1.99. The van der Waals surface area contributed by atoms with Gasteiger partial charge in [-0.15, -0.1) is 0 Å². The van der Waals surface area contributed by atoms with Crippen LogP contribution in [0.15, 0.2) is 36.7 Å². The lowest BCUT2D eigenvalue weighted by molar-refractivity contribution is 0.196. The number of aromatic nitrogens is 2. The van der Waals surface area contributed by atoms with Crippen molar-refractivity contribution in [3.63, 3.8) is 0 Å². The molecule has 0 aliphatic carbocycles. The van der Waals surface area contributed by atoms with Crippen LogP contribution in [-0.4, -0.2) is 34.4 Å². The summed E-state index contributed by atoms with van der Waals surface area (Å²) in [6.45, 7) is 2.99. The Bertz CT molecular complexity index is 598. The van der Waals surface area contributed by atoms with E-state index < -0.39 is 0 Å². The van der Waals surface area contributed by atoms with Gasteiger partial charge in [-0.25, -0.2) is 4.79 Å². The smallest absolute Gasteiger partial charge is 0.344 e. The summed E-state index contributed by atoms with van der Waals surface area (Å²) in [6.07, 6.45) is 2.94. The van der Waals surface area contributed by atoms with E-state index in [-0.39, 0.29) is 6.03 Å². The van der Waals surface area contributed by atoms with Crippen LogP contribution in [0.5, 0.6) is 5.75 Å². The summed E-state index contributed by atoms with van der Waals surface area (Å²) >= 11 is 5.78. The van der Waals surface area contributed by atoms with Gasteiger partial charge in [-0.2, -0.15) is 9.78 Å².